The molecular formula is C19H22N6O4S. The van der Waals surface area contributed by atoms with Crippen LogP contribution in [-0.2, 0) is 17.1 Å². The van der Waals surface area contributed by atoms with Crippen LogP contribution >= 0.6 is 0 Å². The van der Waals surface area contributed by atoms with Crippen molar-refractivity contribution in [1.82, 2.24) is 23.8 Å². The zero-order valence-corrected chi connectivity index (χ0v) is 17.5. The Bertz CT molecular complexity index is 1310. The SMILES string of the molecule is CNS(=O)(=O)c1cnc(N2CCC(n3c(=O)c(=O)n(C)c4ccccc43)CC2)nc1. The lowest BCUT2D eigenvalue weighted by Gasteiger charge is -2.33. The highest BCUT2D eigenvalue weighted by Crippen LogP contribution is 2.26. The Labute approximate surface area is 172 Å². The van der Waals surface area contributed by atoms with E-state index in [1.807, 2.05) is 29.2 Å². The Kier molecular flexibility index (Phi) is 5.16. The van der Waals surface area contributed by atoms with Crippen molar-refractivity contribution in [2.24, 2.45) is 7.05 Å². The highest BCUT2D eigenvalue weighted by molar-refractivity contribution is 7.89. The van der Waals surface area contributed by atoms with Crippen LogP contribution < -0.4 is 20.7 Å². The molecule has 1 aliphatic rings. The Hall–Kier alpha value is -3.05. The Morgan fingerprint density at radius 3 is 2.20 bits per heavy atom. The van der Waals surface area contributed by atoms with Crippen LogP contribution in [0.15, 0.2) is 51.1 Å². The van der Waals surface area contributed by atoms with E-state index in [2.05, 4.69) is 14.7 Å². The molecule has 1 fully saturated rings. The number of para-hydroxylation sites is 2. The number of aromatic nitrogens is 4. The van der Waals surface area contributed by atoms with Crippen molar-refractivity contribution in [2.75, 3.05) is 25.0 Å². The summed E-state index contributed by atoms with van der Waals surface area (Å²) in [5.74, 6) is 0.435. The van der Waals surface area contributed by atoms with Crippen LogP contribution in [0.25, 0.3) is 11.0 Å². The summed E-state index contributed by atoms with van der Waals surface area (Å²) in [6.07, 6.45) is 3.83. The van der Waals surface area contributed by atoms with Crippen molar-refractivity contribution in [1.29, 1.82) is 0 Å². The number of anilines is 1. The van der Waals surface area contributed by atoms with Gasteiger partial charge in [0.25, 0.3) is 0 Å². The van der Waals surface area contributed by atoms with E-state index in [4.69, 9.17) is 0 Å². The molecule has 1 aliphatic heterocycles. The quantitative estimate of drug-likeness (QED) is 0.589. The average Bonchev–Trinajstić information content (AvgIpc) is 2.78. The largest absolute Gasteiger partial charge is 0.341 e. The molecule has 0 radical (unpaired) electrons. The van der Waals surface area contributed by atoms with E-state index in [-0.39, 0.29) is 10.9 Å². The van der Waals surface area contributed by atoms with Gasteiger partial charge in [-0.1, -0.05) is 12.1 Å². The lowest BCUT2D eigenvalue weighted by atomic mass is 10.0. The number of sulfonamides is 1. The third-order valence-electron chi connectivity index (χ3n) is 5.52. The van der Waals surface area contributed by atoms with Gasteiger partial charge in [0.15, 0.2) is 0 Å². The number of rotatable bonds is 4. The lowest BCUT2D eigenvalue weighted by molar-refractivity contribution is 0.391. The molecule has 0 saturated carbocycles. The molecule has 1 aromatic carbocycles. The molecule has 158 valence electrons. The van der Waals surface area contributed by atoms with E-state index in [1.54, 1.807) is 11.6 Å². The summed E-state index contributed by atoms with van der Waals surface area (Å²) in [5.41, 5.74) is 0.392. The fourth-order valence-electron chi connectivity index (χ4n) is 3.83. The van der Waals surface area contributed by atoms with E-state index >= 15 is 0 Å². The summed E-state index contributed by atoms with van der Waals surface area (Å²) in [7, 11) is -0.651. The minimum absolute atomic E-state index is 0.00166. The number of nitrogens with zero attached hydrogens (tertiary/aromatic N) is 5. The Morgan fingerprint density at radius 1 is 1.00 bits per heavy atom. The first kappa shape index (κ1) is 20.2. The second kappa shape index (κ2) is 7.65. The van der Waals surface area contributed by atoms with Crippen molar-refractivity contribution in [3.8, 4) is 0 Å². The molecular weight excluding hydrogens is 408 g/mol. The summed E-state index contributed by atoms with van der Waals surface area (Å²) in [6.45, 7) is 1.16. The number of fused-ring (bicyclic) bond motifs is 1. The van der Waals surface area contributed by atoms with Crippen LogP contribution in [-0.4, -0.2) is 47.7 Å². The maximum absolute atomic E-state index is 12.7. The highest BCUT2D eigenvalue weighted by Gasteiger charge is 2.26. The minimum atomic E-state index is -3.59. The average molecular weight is 430 g/mol. The number of benzene rings is 1. The second-order valence-electron chi connectivity index (χ2n) is 7.17. The van der Waals surface area contributed by atoms with E-state index in [9.17, 15) is 18.0 Å². The number of hydrogen-bond acceptors (Lipinski definition) is 7. The summed E-state index contributed by atoms with van der Waals surface area (Å²) in [6, 6.07) is 7.26. The van der Waals surface area contributed by atoms with Crippen LogP contribution in [0.5, 0.6) is 0 Å². The van der Waals surface area contributed by atoms with Crippen LogP contribution in [0.1, 0.15) is 18.9 Å². The van der Waals surface area contributed by atoms with Crippen LogP contribution in [0.3, 0.4) is 0 Å². The first-order valence-electron chi connectivity index (χ1n) is 9.54. The smallest absolute Gasteiger partial charge is 0.317 e. The van der Waals surface area contributed by atoms with Gasteiger partial charge >= 0.3 is 11.1 Å². The van der Waals surface area contributed by atoms with Crippen molar-refractivity contribution in [3.05, 3.63) is 57.4 Å². The number of aryl methyl sites for hydroxylation is 1. The monoisotopic (exact) mass is 430 g/mol. The molecule has 10 nitrogen and oxygen atoms in total. The highest BCUT2D eigenvalue weighted by atomic mass is 32.2. The van der Waals surface area contributed by atoms with Crippen LogP contribution in [0.4, 0.5) is 5.95 Å². The Balaban J connectivity index is 1.59. The van der Waals surface area contributed by atoms with Crippen LogP contribution in [0, 0.1) is 0 Å². The zero-order chi connectivity index (χ0) is 21.5. The van der Waals surface area contributed by atoms with E-state index in [0.29, 0.717) is 37.4 Å². The molecule has 3 heterocycles. The molecule has 3 aromatic rings. The van der Waals surface area contributed by atoms with Gasteiger partial charge in [0.05, 0.1) is 23.4 Å². The summed E-state index contributed by atoms with van der Waals surface area (Å²) in [4.78, 5) is 35.5. The first-order chi connectivity index (χ1) is 14.3. The van der Waals surface area contributed by atoms with Gasteiger partial charge in [-0.25, -0.2) is 23.1 Å². The molecule has 11 heteroatoms. The van der Waals surface area contributed by atoms with E-state index < -0.39 is 21.1 Å². The third kappa shape index (κ3) is 3.39. The molecule has 0 bridgehead atoms. The molecule has 4 rings (SSSR count). The normalized spacial score (nSPS) is 15.6. The molecule has 0 amide bonds. The molecule has 1 N–H and O–H groups in total. The van der Waals surface area contributed by atoms with Gasteiger partial charge in [0.2, 0.25) is 16.0 Å². The number of piperidine rings is 1. The zero-order valence-electron chi connectivity index (χ0n) is 16.6. The molecule has 30 heavy (non-hydrogen) atoms. The second-order valence-corrected chi connectivity index (χ2v) is 9.06. The van der Waals surface area contributed by atoms with E-state index in [0.717, 1.165) is 5.52 Å². The van der Waals surface area contributed by atoms with Gasteiger partial charge in [-0.15, -0.1) is 0 Å². The maximum atomic E-state index is 12.7. The minimum Gasteiger partial charge on any atom is -0.341 e. The standard InChI is InChI=1S/C19H22N6O4S/c1-20-30(28,29)14-11-21-19(22-12-14)24-9-7-13(8-10-24)25-16-6-4-3-5-15(16)23(2)17(26)18(25)27/h3-6,11-13,20H,7-10H2,1-2H3. The molecule has 2 aromatic heterocycles. The van der Waals surface area contributed by atoms with Crippen LogP contribution in [0.2, 0.25) is 0 Å². The predicted octanol–water partition coefficient (Wildman–Crippen LogP) is 0.240. The number of hydrogen-bond donors (Lipinski definition) is 1. The van der Waals surface area contributed by atoms with Crippen molar-refractivity contribution < 1.29 is 8.42 Å². The van der Waals surface area contributed by atoms with Gasteiger partial charge in [-0.3, -0.25) is 14.2 Å². The molecule has 1 saturated heterocycles. The molecule has 0 spiro atoms. The molecule has 0 unspecified atom stereocenters. The van der Waals surface area contributed by atoms with Crippen molar-refractivity contribution in [3.63, 3.8) is 0 Å². The first-order valence-corrected chi connectivity index (χ1v) is 11.0. The summed E-state index contributed by atoms with van der Waals surface area (Å²) >= 11 is 0. The molecule has 0 atom stereocenters. The fraction of sp³-hybridized carbons (Fsp3) is 0.368. The molecule has 0 aliphatic carbocycles. The Morgan fingerprint density at radius 2 is 1.60 bits per heavy atom. The van der Waals surface area contributed by atoms with Gasteiger partial charge in [0, 0.05) is 26.2 Å². The van der Waals surface area contributed by atoms with Crippen molar-refractivity contribution in [2.45, 2.75) is 23.8 Å². The summed E-state index contributed by atoms with van der Waals surface area (Å²) < 4.78 is 28.9. The van der Waals surface area contributed by atoms with Gasteiger partial charge in [-0.05, 0) is 32.0 Å². The van der Waals surface area contributed by atoms with Gasteiger partial charge in [0.1, 0.15) is 4.90 Å². The lowest BCUT2D eigenvalue weighted by Crippen LogP contribution is -2.45. The van der Waals surface area contributed by atoms with Crippen molar-refractivity contribution >= 4 is 27.0 Å². The van der Waals surface area contributed by atoms with Gasteiger partial charge in [-0.2, -0.15) is 0 Å². The predicted molar refractivity (Wildman–Crippen MR) is 112 cm³/mol. The third-order valence-corrected chi connectivity index (χ3v) is 6.88. The van der Waals surface area contributed by atoms with Gasteiger partial charge < -0.3 is 9.47 Å². The van der Waals surface area contributed by atoms with E-state index in [1.165, 1.54) is 24.0 Å². The fourth-order valence-corrected chi connectivity index (χ4v) is 4.45. The maximum Gasteiger partial charge on any atom is 0.317 e. The number of nitrogens with one attached hydrogen (secondary N) is 1. The summed E-state index contributed by atoms with van der Waals surface area (Å²) in [5, 5.41) is 0. The topological polar surface area (TPSA) is 119 Å².